The van der Waals surface area contributed by atoms with E-state index in [9.17, 15) is 0 Å². The fraction of sp³-hybridized carbons (Fsp3) is 0.143. The van der Waals surface area contributed by atoms with Crippen molar-refractivity contribution in [1.29, 1.82) is 0 Å². The highest BCUT2D eigenvalue weighted by atomic mass is 16.4. The normalized spacial score (nSPS) is 12.1. The van der Waals surface area contributed by atoms with Crippen LogP contribution in [0.1, 0.15) is 0 Å². The molecule has 0 aliphatic rings. The van der Waals surface area contributed by atoms with Gasteiger partial charge in [0.25, 0.3) is 0 Å². The fourth-order valence-electron chi connectivity index (χ4n) is 1.22. The van der Waals surface area contributed by atoms with E-state index < -0.39 is 0 Å². The average molecular weight is 207 g/mol. The van der Waals surface area contributed by atoms with Crippen LogP contribution in [0.5, 0.6) is 0 Å². The number of hydrogen-bond donors (Lipinski definition) is 3. The van der Waals surface area contributed by atoms with Crippen molar-refractivity contribution in [1.82, 2.24) is 19.5 Å². The lowest BCUT2D eigenvalue weighted by Gasteiger charge is -2.00. The Balaban J connectivity index is 2.50. The van der Waals surface area contributed by atoms with Crippen LogP contribution in [0.15, 0.2) is 17.8 Å². The number of fused-ring (bicyclic) bond motifs is 1. The molecule has 2 aromatic rings. The topological polar surface area (TPSA) is 128 Å². The van der Waals surface area contributed by atoms with Crippen LogP contribution in [0.2, 0.25) is 0 Å². The molecule has 0 spiro atoms. The summed E-state index contributed by atoms with van der Waals surface area (Å²) < 4.78 is 1.61. The SMILES string of the molecule is NC(Cn1cnc2c(N)ncnc21)=NO. The largest absolute Gasteiger partial charge is 0.409 e. The number of hydrogen-bond acceptors (Lipinski definition) is 6. The highest BCUT2D eigenvalue weighted by molar-refractivity contribution is 5.84. The number of imidazole rings is 1. The molecule has 78 valence electrons. The van der Waals surface area contributed by atoms with Gasteiger partial charge in [-0.3, -0.25) is 0 Å². The van der Waals surface area contributed by atoms with Gasteiger partial charge in [0.1, 0.15) is 11.8 Å². The third-order valence-electron chi connectivity index (χ3n) is 1.89. The third-order valence-corrected chi connectivity index (χ3v) is 1.89. The zero-order valence-electron chi connectivity index (χ0n) is 7.70. The van der Waals surface area contributed by atoms with Gasteiger partial charge in [-0.1, -0.05) is 5.16 Å². The molecule has 8 heteroatoms. The molecule has 0 amide bonds. The van der Waals surface area contributed by atoms with E-state index in [4.69, 9.17) is 16.7 Å². The number of oxime groups is 1. The van der Waals surface area contributed by atoms with Crippen molar-refractivity contribution >= 4 is 22.8 Å². The number of anilines is 1. The molecule has 0 aliphatic heterocycles. The Bertz CT molecular complexity index is 517. The average Bonchev–Trinajstić information content (AvgIpc) is 2.63. The molecule has 5 N–H and O–H groups in total. The van der Waals surface area contributed by atoms with Crippen molar-refractivity contribution in [3.63, 3.8) is 0 Å². The van der Waals surface area contributed by atoms with Crippen LogP contribution in [0.25, 0.3) is 11.2 Å². The lowest BCUT2D eigenvalue weighted by atomic mass is 10.5. The van der Waals surface area contributed by atoms with Crippen LogP contribution >= 0.6 is 0 Å². The molecule has 0 saturated carbocycles. The summed E-state index contributed by atoms with van der Waals surface area (Å²) in [5, 5.41) is 11.3. The Morgan fingerprint density at radius 1 is 1.47 bits per heavy atom. The molecular formula is C7H9N7O. The maximum Gasteiger partial charge on any atom is 0.165 e. The summed E-state index contributed by atoms with van der Waals surface area (Å²) in [6.07, 6.45) is 2.84. The maximum absolute atomic E-state index is 8.43. The zero-order valence-corrected chi connectivity index (χ0v) is 7.70. The number of nitrogen functional groups attached to an aromatic ring is 1. The van der Waals surface area contributed by atoms with Gasteiger partial charge < -0.3 is 21.2 Å². The van der Waals surface area contributed by atoms with Crippen molar-refractivity contribution in [3.05, 3.63) is 12.7 Å². The number of rotatable bonds is 2. The molecule has 0 radical (unpaired) electrons. The van der Waals surface area contributed by atoms with Crippen molar-refractivity contribution in [2.45, 2.75) is 6.54 Å². The van der Waals surface area contributed by atoms with Crippen molar-refractivity contribution in [2.75, 3.05) is 5.73 Å². The second-order valence-corrected chi connectivity index (χ2v) is 2.89. The van der Waals surface area contributed by atoms with E-state index >= 15 is 0 Å². The summed E-state index contributed by atoms with van der Waals surface area (Å²) in [4.78, 5) is 11.8. The first kappa shape index (κ1) is 9.19. The predicted octanol–water partition coefficient (Wildman–Crippen LogP) is -0.845. The number of aromatic nitrogens is 4. The smallest absolute Gasteiger partial charge is 0.165 e. The molecule has 15 heavy (non-hydrogen) atoms. The Morgan fingerprint density at radius 3 is 3.00 bits per heavy atom. The van der Waals surface area contributed by atoms with Crippen LogP contribution < -0.4 is 11.5 Å². The molecule has 0 atom stereocenters. The third kappa shape index (κ3) is 1.52. The summed E-state index contributed by atoms with van der Waals surface area (Å²) in [6, 6.07) is 0. The zero-order chi connectivity index (χ0) is 10.8. The molecule has 8 nitrogen and oxygen atoms in total. The molecule has 2 aromatic heterocycles. The van der Waals surface area contributed by atoms with E-state index in [1.54, 1.807) is 4.57 Å². The minimum atomic E-state index is 0.0616. The molecule has 2 heterocycles. The molecule has 0 bridgehead atoms. The van der Waals surface area contributed by atoms with Gasteiger partial charge in [-0.25, -0.2) is 15.0 Å². The lowest BCUT2D eigenvalue weighted by molar-refractivity contribution is 0.316. The molecule has 0 saturated heterocycles. The predicted molar refractivity (Wildman–Crippen MR) is 53.1 cm³/mol. The molecule has 0 unspecified atom stereocenters. The van der Waals surface area contributed by atoms with Gasteiger partial charge in [-0.2, -0.15) is 0 Å². The standard InChI is InChI=1S/C7H9N7O/c8-4(13-15)1-14-3-12-5-6(9)10-2-11-7(5)14/h2-3,15H,1H2,(H2,8,13)(H2,9,10,11). The van der Waals surface area contributed by atoms with Gasteiger partial charge in [0.2, 0.25) is 0 Å². The quantitative estimate of drug-likeness (QED) is 0.255. The maximum atomic E-state index is 8.43. The first-order valence-electron chi connectivity index (χ1n) is 4.10. The van der Waals surface area contributed by atoms with Gasteiger partial charge in [-0.15, -0.1) is 0 Å². The summed E-state index contributed by atoms with van der Waals surface area (Å²) in [7, 11) is 0. The Labute approximate surface area is 84.2 Å². The highest BCUT2D eigenvalue weighted by Crippen LogP contribution is 2.13. The van der Waals surface area contributed by atoms with E-state index in [1.807, 2.05) is 0 Å². The van der Waals surface area contributed by atoms with Gasteiger partial charge >= 0.3 is 0 Å². The van der Waals surface area contributed by atoms with Crippen LogP contribution in [0.4, 0.5) is 5.82 Å². The van der Waals surface area contributed by atoms with Crippen molar-refractivity contribution < 1.29 is 5.21 Å². The summed E-state index contributed by atoms with van der Waals surface area (Å²) in [6.45, 7) is 0.198. The lowest BCUT2D eigenvalue weighted by Crippen LogP contribution is -2.19. The first-order valence-corrected chi connectivity index (χ1v) is 4.10. The van der Waals surface area contributed by atoms with Crippen LogP contribution in [-0.2, 0) is 6.54 Å². The molecule has 0 aliphatic carbocycles. The molecule has 0 aromatic carbocycles. The minimum absolute atomic E-state index is 0.0616. The Morgan fingerprint density at radius 2 is 2.27 bits per heavy atom. The first-order chi connectivity index (χ1) is 7.22. The van der Waals surface area contributed by atoms with Gasteiger partial charge in [-0.05, 0) is 0 Å². The number of amidine groups is 1. The molecular weight excluding hydrogens is 198 g/mol. The van der Waals surface area contributed by atoms with Crippen molar-refractivity contribution in [2.24, 2.45) is 10.9 Å². The van der Waals surface area contributed by atoms with Gasteiger partial charge in [0.05, 0.1) is 12.9 Å². The molecule has 2 rings (SSSR count). The van der Waals surface area contributed by atoms with E-state index in [0.29, 0.717) is 17.0 Å². The van der Waals surface area contributed by atoms with Crippen LogP contribution in [-0.4, -0.2) is 30.6 Å². The second kappa shape index (κ2) is 3.40. The Hall–Kier alpha value is -2.38. The van der Waals surface area contributed by atoms with Gasteiger partial charge in [0.15, 0.2) is 17.3 Å². The van der Waals surface area contributed by atoms with E-state index in [-0.39, 0.29) is 12.4 Å². The fourth-order valence-corrected chi connectivity index (χ4v) is 1.22. The van der Waals surface area contributed by atoms with Crippen LogP contribution in [0, 0.1) is 0 Å². The summed E-state index contributed by atoms with van der Waals surface area (Å²) in [5.74, 6) is 0.366. The highest BCUT2D eigenvalue weighted by Gasteiger charge is 2.08. The summed E-state index contributed by atoms with van der Waals surface area (Å²) >= 11 is 0. The molecule has 0 fully saturated rings. The Kier molecular flexibility index (Phi) is 2.08. The number of nitrogens with zero attached hydrogens (tertiary/aromatic N) is 5. The van der Waals surface area contributed by atoms with E-state index in [2.05, 4.69) is 20.1 Å². The summed E-state index contributed by atoms with van der Waals surface area (Å²) in [5.41, 5.74) is 12.0. The minimum Gasteiger partial charge on any atom is -0.409 e. The van der Waals surface area contributed by atoms with Crippen molar-refractivity contribution in [3.8, 4) is 0 Å². The van der Waals surface area contributed by atoms with Crippen LogP contribution in [0.3, 0.4) is 0 Å². The second-order valence-electron chi connectivity index (χ2n) is 2.89. The van der Waals surface area contributed by atoms with Gasteiger partial charge in [0, 0.05) is 0 Å². The van der Waals surface area contributed by atoms with E-state index in [1.165, 1.54) is 12.7 Å². The number of nitrogens with two attached hydrogens (primary N) is 2. The van der Waals surface area contributed by atoms with E-state index in [0.717, 1.165) is 0 Å². The monoisotopic (exact) mass is 207 g/mol.